The van der Waals surface area contributed by atoms with Gasteiger partial charge in [-0.2, -0.15) is 13.2 Å². The van der Waals surface area contributed by atoms with Gasteiger partial charge in [0.2, 0.25) is 5.91 Å². The molecule has 1 amide bonds. The van der Waals surface area contributed by atoms with E-state index >= 15 is 0 Å². The van der Waals surface area contributed by atoms with Gasteiger partial charge in [-0.15, -0.1) is 0 Å². The minimum Gasteiger partial charge on any atom is -0.354 e. The summed E-state index contributed by atoms with van der Waals surface area (Å²) in [6.45, 7) is 0.966. The second-order valence-electron chi connectivity index (χ2n) is 7.21. The van der Waals surface area contributed by atoms with E-state index in [1.165, 1.54) is 0 Å². The Kier molecular flexibility index (Phi) is 5.67. The number of carbonyl (C=O) groups excluding carboxylic acids is 1. The SMILES string of the molecule is O=C(CC1CCN(c2ncc(C(F)(F)F)cc2F)CC1)NC1CCCC1. The van der Waals surface area contributed by atoms with Crippen molar-refractivity contribution in [2.75, 3.05) is 18.0 Å². The molecule has 1 aromatic heterocycles. The fraction of sp³-hybridized carbons (Fsp3) is 0.667. The number of nitrogens with zero attached hydrogens (tertiary/aromatic N) is 2. The zero-order chi connectivity index (χ0) is 18.7. The maximum atomic E-state index is 14.0. The third kappa shape index (κ3) is 4.65. The number of halogens is 4. The Bertz CT molecular complexity index is 636. The third-order valence-corrected chi connectivity index (χ3v) is 5.26. The van der Waals surface area contributed by atoms with Crippen LogP contribution < -0.4 is 10.2 Å². The molecule has 1 N–H and O–H groups in total. The third-order valence-electron chi connectivity index (χ3n) is 5.26. The van der Waals surface area contributed by atoms with Crippen molar-refractivity contribution in [3.05, 3.63) is 23.6 Å². The number of aromatic nitrogens is 1. The lowest BCUT2D eigenvalue weighted by Gasteiger charge is -2.33. The van der Waals surface area contributed by atoms with Crippen molar-refractivity contribution in [2.24, 2.45) is 5.92 Å². The van der Waals surface area contributed by atoms with Crippen LogP contribution >= 0.6 is 0 Å². The van der Waals surface area contributed by atoms with Gasteiger partial charge < -0.3 is 10.2 Å². The number of hydrogen-bond acceptors (Lipinski definition) is 3. The van der Waals surface area contributed by atoms with Gasteiger partial charge in [0.15, 0.2) is 11.6 Å². The lowest BCUT2D eigenvalue weighted by atomic mass is 9.93. The summed E-state index contributed by atoms with van der Waals surface area (Å²) < 4.78 is 51.8. The molecule has 0 spiro atoms. The van der Waals surface area contributed by atoms with Crippen molar-refractivity contribution >= 4 is 11.7 Å². The zero-order valence-corrected chi connectivity index (χ0v) is 14.5. The van der Waals surface area contributed by atoms with Crippen LogP contribution in [0.1, 0.15) is 50.5 Å². The summed E-state index contributed by atoms with van der Waals surface area (Å²) in [5.74, 6) is -0.733. The average Bonchev–Trinajstić information content (AvgIpc) is 3.07. The maximum Gasteiger partial charge on any atom is 0.417 e. The first kappa shape index (κ1) is 18.9. The summed E-state index contributed by atoms with van der Waals surface area (Å²) in [6, 6.07) is 0.789. The highest BCUT2D eigenvalue weighted by atomic mass is 19.4. The molecule has 0 radical (unpaired) electrons. The van der Waals surface area contributed by atoms with E-state index in [0.717, 1.165) is 25.7 Å². The molecule has 1 aliphatic carbocycles. The molecular weight excluding hydrogens is 350 g/mol. The Balaban J connectivity index is 1.51. The van der Waals surface area contributed by atoms with Crippen molar-refractivity contribution in [1.29, 1.82) is 0 Å². The minimum atomic E-state index is -4.61. The Morgan fingerprint density at radius 1 is 1.19 bits per heavy atom. The molecule has 1 saturated carbocycles. The highest BCUT2D eigenvalue weighted by Gasteiger charge is 2.33. The van der Waals surface area contributed by atoms with E-state index in [-0.39, 0.29) is 17.6 Å². The van der Waals surface area contributed by atoms with Crippen molar-refractivity contribution < 1.29 is 22.4 Å². The first-order chi connectivity index (χ1) is 12.3. The average molecular weight is 373 g/mol. The number of nitrogens with one attached hydrogen (secondary N) is 1. The number of hydrogen-bond donors (Lipinski definition) is 1. The Labute approximate surface area is 150 Å². The molecule has 0 atom stereocenters. The van der Waals surface area contributed by atoms with Gasteiger partial charge >= 0.3 is 6.18 Å². The summed E-state index contributed by atoms with van der Waals surface area (Å²) in [5.41, 5.74) is -1.09. The van der Waals surface area contributed by atoms with Crippen LogP contribution in [0.25, 0.3) is 0 Å². The summed E-state index contributed by atoms with van der Waals surface area (Å²) in [4.78, 5) is 17.4. The number of carbonyl (C=O) groups is 1. The first-order valence-corrected chi connectivity index (χ1v) is 9.10. The van der Waals surface area contributed by atoms with E-state index in [1.807, 2.05) is 0 Å². The first-order valence-electron chi connectivity index (χ1n) is 9.10. The number of pyridine rings is 1. The number of piperidine rings is 1. The lowest BCUT2D eigenvalue weighted by molar-refractivity contribution is -0.138. The molecule has 2 fully saturated rings. The molecule has 0 bridgehead atoms. The van der Waals surface area contributed by atoms with Gasteiger partial charge in [-0.05, 0) is 37.7 Å². The predicted octanol–water partition coefficient (Wildman–Crippen LogP) is 3.90. The molecule has 2 aliphatic rings. The minimum absolute atomic E-state index is 0.0492. The van der Waals surface area contributed by atoms with Crippen LogP contribution in [0.2, 0.25) is 0 Å². The quantitative estimate of drug-likeness (QED) is 0.814. The summed E-state index contributed by atoms with van der Waals surface area (Å²) in [6.07, 6.45) is 2.31. The van der Waals surface area contributed by atoms with Gasteiger partial charge in [0.1, 0.15) is 0 Å². The van der Waals surface area contributed by atoms with Crippen molar-refractivity contribution in [2.45, 2.75) is 57.2 Å². The molecule has 1 aromatic rings. The van der Waals surface area contributed by atoms with E-state index in [1.54, 1.807) is 4.90 Å². The number of alkyl halides is 3. The van der Waals surface area contributed by atoms with Crippen molar-refractivity contribution in [1.82, 2.24) is 10.3 Å². The monoisotopic (exact) mass is 373 g/mol. The van der Waals surface area contributed by atoms with Crippen LogP contribution in [0.4, 0.5) is 23.4 Å². The standard InChI is InChI=1S/C18H23F4N3O/c19-15-10-13(18(20,21)22)11-23-17(15)25-7-5-12(6-8-25)9-16(26)24-14-3-1-2-4-14/h10-12,14H,1-9H2,(H,24,26). The molecule has 4 nitrogen and oxygen atoms in total. The lowest BCUT2D eigenvalue weighted by Crippen LogP contribution is -2.38. The maximum absolute atomic E-state index is 14.0. The number of rotatable bonds is 4. The van der Waals surface area contributed by atoms with Crippen LogP contribution in [-0.2, 0) is 11.0 Å². The predicted molar refractivity (Wildman–Crippen MR) is 89.1 cm³/mol. The van der Waals surface area contributed by atoms with Crippen molar-refractivity contribution in [3.63, 3.8) is 0 Å². The van der Waals surface area contributed by atoms with Crippen LogP contribution in [-0.4, -0.2) is 30.0 Å². The molecular formula is C18H23F4N3O. The van der Waals surface area contributed by atoms with E-state index in [2.05, 4.69) is 10.3 Å². The van der Waals surface area contributed by atoms with Gasteiger partial charge in [0.05, 0.1) is 5.56 Å². The summed E-state index contributed by atoms with van der Waals surface area (Å²) >= 11 is 0. The fourth-order valence-electron chi connectivity index (χ4n) is 3.79. The normalized spacial score (nSPS) is 19.8. The van der Waals surface area contributed by atoms with Crippen LogP contribution in [0.5, 0.6) is 0 Å². The van der Waals surface area contributed by atoms with Gasteiger partial charge in [-0.25, -0.2) is 9.37 Å². The number of anilines is 1. The molecule has 0 aromatic carbocycles. The van der Waals surface area contributed by atoms with Gasteiger partial charge in [0, 0.05) is 31.7 Å². The second-order valence-corrected chi connectivity index (χ2v) is 7.21. The fourth-order valence-corrected chi connectivity index (χ4v) is 3.79. The molecule has 8 heteroatoms. The van der Waals surface area contributed by atoms with E-state index in [9.17, 15) is 22.4 Å². The molecule has 3 rings (SSSR count). The molecule has 2 heterocycles. The van der Waals surface area contributed by atoms with E-state index < -0.39 is 17.6 Å². The molecule has 26 heavy (non-hydrogen) atoms. The highest BCUT2D eigenvalue weighted by molar-refractivity contribution is 5.76. The zero-order valence-electron chi connectivity index (χ0n) is 14.5. The van der Waals surface area contributed by atoms with E-state index in [0.29, 0.717) is 50.7 Å². The smallest absolute Gasteiger partial charge is 0.354 e. The number of amides is 1. The second kappa shape index (κ2) is 7.80. The van der Waals surface area contributed by atoms with Gasteiger partial charge in [-0.3, -0.25) is 4.79 Å². The van der Waals surface area contributed by atoms with Gasteiger partial charge in [0.25, 0.3) is 0 Å². The topological polar surface area (TPSA) is 45.2 Å². The Hall–Kier alpha value is -1.86. The Morgan fingerprint density at radius 2 is 1.85 bits per heavy atom. The molecule has 1 aliphatic heterocycles. The van der Waals surface area contributed by atoms with E-state index in [4.69, 9.17) is 0 Å². The van der Waals surface area contributed by atoms with Crippen LogP contribution in [0.3, 0.4) is 0 Å². The molecule has 0 unspecified atom stereocenters. The Morgan fingerprint density at radius 3 is 2.42 bits per heavy atom. The van der Waals surface area contributed by atoms with Crippen LogP contribution in [0, 0.1) is 11.7 Å². The van der Waals surface area contributed by atoms with Gasteiger partial charge in [-0.1, -0.05) is 12.8 Å². The van der Waals surface area contributed by atoms with Crippen molar-refractivity contribution in [3.8, 4) is 0 Å². The molecule has 144 valence electrons. The largest absolute Gasteiger partial charge is 0.417 e. The molecule has 1 saturated heterocycles. The summed E-state index contributed by atoms with van der Waals surface area (Å²) in [7, 11) is 0. The van der Waals surface area contributed by atoms with Crippen LogP contribution in [0.15, 0.2) is 12.3 Å². The summed E-state index contributed by atoms with van der Waals surface area (Å²) in [5, 5.41) is 3.07. The highest BCUT2D eigenvalue weighted by Crippen LogP contribution is 2.32.